The van der Waals surface area contributed by atoms with Crippen LogP contribution in [0.4, 0.5) is 0 Å². The third-order valence-corrected chi connectivity index (χ3v) is 4.33. The van der Waals surface area contributed by atoms with E-state index in [1.54, 1.807) is 46.0 Å². The lowest BCUT2D eigenvalue weighted by molar-refractivity contribution is -0.144. The maximum absolute atomic E-state index is 12.3. The number of hydrogen-bond acceptors (Lipinski definition) is 9. The number of hydrogen-bond donors (Lipinski definition) is 0. The summed E-state index contributed by atoms with van der Waals surface area (Å²) < 4.78 is 26.3. The number of aromatic nitrogens is 1. The first-order valence-corrected chi connectivity index (χ1v) is 9.64. The number of ether oxygens (including phenoxy) is 4. The van der Waals surface area contributed by atoms with Crippen LogP contribution >= 0.6 is 0 Å². The summed E-state index contributed by atoms with van der Waals surface area (Å²) >= 11 is 0. The third kappa shape index (κ3) is 5.96. The van der Waals surface area contributed by atoms with Gasteiger partial charge < -0.3 is 23.5 Å². The van der Waals surface area contributed by atoms with E-state index in [0.29, 0.717) is 29.5 Å². The summed E-state index contributed by atoms with van der Waals surface area (Å²) in [6.07, 6.45) is 0. The molecule has 0 spiro atoms. The zero-order valence-electron chi connectivity index (χ0n) is 18.0. The largest absolute Gasteiger partial charge is 0.497 e. The molecule has 9 heteroatoms. The molecule has 0 radical (unpaired) electrons. The van der Waals surface area contributed by atoms with Crippen molar-refractivity contribution in [2.75, 3.05) is 34.0 Å². The number of carbonyl (C=O) groups is 2. The molecule has 1 heterocycles. The van der Waals surface area contributed by atoms with E-state index < -0.39 is 5.97 Å². The number of esters is 2. The first kappa shape index (κ1) is 23.2. The van der Waals surface area contributed by atoms with Crippen LogP contribution in [0.25, 0.3) is 0 Å². The monoisotopic (exact) mass is 420 g/mol. The van der Waals surface area contributed by atoms with E-state index >= 15 is 0 Å². The second-order valence-electron chi connectivity index (χ2n) is 6.41. The van der Waals surface area contributed by atoms with Gasteiger partial charge in [-0.3, -0.25) is 9.69 Å². The van der Waals surface area contributed by atoms with Crippen molar-refractivity contribution in [2.24, 2.45) is 0 Å². The van der Waals surface area contributed by atoms with E-state index in [1.165, 1.54) is 0 Å². The first-order valence-electron chi connectivity index (χ1n) is 9.64. The molecule has 1 aromatic heterocycles. The van der Waals surface area contributed by atoms with Gasteiger partial charge in [-0.15, -0.1) is 0 Å². The molecule has 1 aromatic carbocycles. The molecule has 0 aliphatic carbocycles. The van der Waals surface area contributed by atoms with E-state index in [0.717, 1.165) is 5.56 Å². The number of aryl methyl sites for hydroxylation is 1. The maximum atomic E-state index is 12.3. The minimum Gasteiger partial charge on any atom is -0.497 e. The van der Waals surface area contributed by atoms with Crippen molar-refractivity contribution in [1.29, 1.82) is 0 Å². The molecule has 0 saturated carbocycles. The minimum atomic E-state index is -0.510. The second-order valence-corrected chi connectivity index (χ2v) is 6.41. The Morgan fingerprint density at radius 2 is 1.80 bits per heavy atom. The van der Waals surface area contributed by atoms with E-state index in [9.17, 15) is 9.59 Å². The quantitative estimate of drug-likeness (QED) is 0.508. The highest BCUT2D eigenvalue weighted by atomic mass is 16.5. The van der Waals surface area contributed by atoms with Crippen LogP contribution in [0, 0.1) is 6.92 Å². The molecule has 0 fully saturated rings. The Hall–Kier alpha value is -3.07. The lowest BCUT2D eigenvalue weighted by Gasteiger charge is -2.22. The molecule has 0 saturated heterocycles. The molecule has 9 nitrogen and oxygen atoms in total. The maximum Gasteiger partial charge on any atom is 0.343 e. The lowest BCUT2D eigenvalue weighted by atomic mass is 10.1. The van der Waals surface area contributed by atoms with Crippen LogP contribution in [0.15, 0.2) is 22.7 Å². The zero-order chi connectivity index (χ0) is 22.1. The van der Waals surface area contributed by atoms with E-state index in [4.69, 9.17) is 23.5 Å². The summed E-state index contributed by atoms with van der Waals surface area (Å²) in [5.74, 6) is 0.691. The first-order chi connectivity index (χ1) is 14.4. The highest BCUT2D eigenvalue weighted by Crippen LogP contribution is 2.27. The van der Waals surface area contributed by atoms with Crippen LogP contribution in [0.2, 0.25) is 0 Å². The summed E-state index contributed by atoms with van der Waals surface area (Å²) in [6.45, 7) is 6.13. The van der Waals surface area contributed by atoms with Crippen molar-refractivity contribution in [3.63, 3.8) is 0 Å². The number of nitrogens with zero attached hydrogens (tertiary/aromatic N) is 2. The standard InChI is InChI=1S/C21H28N2O7/c1-6-28-19(24)13-23(11-15-8-9-16(26-4)10-17(15)27-5)12-18-20(14(3)22-30-18)21(25)29-7-2/h8-10H,6-7,11-13H2,1-5H3. The Morgan fingerprint density at radius 1 is 1.07 bits per heavy atom. The third-order valence-electron chi connectivity index (χ3n) is 4.33. The molecular formula is C21H28N2O7. The Kier molecular flexibility index (Phi) is 8.67. The van der Waals surface area contributed by atoms with Crippen LogP contribution in [-0.2, 0) is 27.4 Å². The molecular weight excluding hydrogens is 392 g/mol. The fraction of sp³-hybridized carbons (Fsp3) is 0.476. The normalized spacial score (nSPS) is 10.7. The number of rotatable bonds is 11. The SMILES string of the molecule is CCOC(=O)CN(Cc1ccc(OC)cc1OC)Cc1onc(C)c1C(=O)OCC. The average molecular weight is 420 g/mol. The Morgan fingerprint density at radius 3 is 2.43 bits per heavy atom. The molecule has 0 amide bonds. The van der Waals surface area contributed by atoms with Crippen LogP contribution in [0.3, 0.4) is 0 Å². The summed E-state index contributed by atoms with van der Waals surface area (Å²) in [7, 11) is 3.14. The Balaban J connectivity index is 2.31. The van der Waals surface area contributed by atoms with Gasteiger partial charge in [0.05, 0.1) is 46.2 Å². The van der Waals surface area contributed by atoms with E-state index in [2.05, 4.69) is 5.16 Å². The van der Waals surface area contributed by atoms with Gasteiger partial charge in [0, 0.05) is 18.2 Å². The van der Waals surface area contributed by atoms with Crippen molar-refractivity contribution < 1.29 is 33.1 Å². The summed E-state index contributed by atoms with van der Waals surface area (Å²) in [5.41, 5.74) is 1.53. The van der Waals surface area contributed by atoms with Gasteiger partial charge >= 0.3 is 11.9 Å². The molecule has 0 unspecified atom stereocenters. The summed E-state index contributed by atoms with van der Waals surface area (Å²) in [5, 5.41) is 3.89. The smallest absolute Gasteiger partial charge is 0.343 e. The predicted molar refractivity (Wildman–Crippen MR) is 107 cm³/mol. The molecule has 30 heavy (non-hydrogen) atoms. The minimum absolute atomic E-state index is 0.00889. The highest BCUT2D eigenvalue weighted by Gasteiger charge is 2.25. The van der Waals surface area contributed by atoms with Crippen molar-refractivity contribution in [3.8, 4) is 11.5 Å². The van der Waals surface area contributed by atoms with Crippen LogP contribution in [0.1, 0.15) is 41.2 Å². The van der Waals surface area contributed by atoms with Gasteiger partial charge in [0.1, 0.15) is 17.1 Å². The van der Waals surface area contributed by atoms with Gasteiger partial charge in [-0.05, 0) is 26.8 Å². The summed E-state index contributed by atoms with van der Waals surface area (Å²) in [6, 6.07) is 5.43. The van der Waals surface area contributed by atoms with Crippen molar-refractivity contribution in [3.05, 3.63) is 40.8 Å². The fourth-order valence-corrected chi connectivity index (χ4v) is 2.97. The summed E-state index contributed by atoms with van der Waals surface area (Å²) in [4.78, 5) is 26.3. The topological polar surface area (TPSA) is 100 Å². The van der Waals surface area contributed by atoms with Gasteiger partial charge in [0.2, 0.25) is 0 Å². The van der Waals surface area contributed by atoms with Crippen molar-refractivity contribution >= 4 is 11.9 Å². The zero-order valence-corrected chi connectivity index (χ0v) is 18.0. The number of carbonyl (C=O) groups excluding carboxylic acids is 2. The molecule has 0 aliphatic rings. The van der Waals surface area contributed by atoms with Crippen molar-refractivity contribution in [1.82, 2.24) is 10.1 Å². The van der Waals surface area contributed by atoms with Crippen LogP contribution < -0.4 is 9.47 Å². The Labute approximate surface area is 175 Å². The molecule has 0 bridgehead atoms. The number of methoxy groups -OCH3 is 2. The molecule has 0 atom stereocenters. The van der Waals surface area contributed by atoms with Crippen molar-refractivity contribution in [2.45, 2.75) is 33.9 Å². The van der Waals surface area contributed by atoms with Crippen LogP contribution in [0.5, 0.6) is 11.5 Å². The van der Waals surface area contributed by atoms with E-state index in [-0.39, 0.29) is 37.8 Å². The average Bonchev–Trinajstić information content (AvgIpc) is 3.08. The van der Waals surface area contributed by atoms with Gasteiger partial charge in [-0.25, -0.2) is 4.79 Å². The highest BCUT2D eigenvalue weighted by molar-refractivity contribution is 5.91. The van der Waals surface area contributed by atoms with Gasteiger partial charge in [-0.1, -0.05) is 11.2 Å². The van der Waals surface area contributed by atoms with E-state index in [1.807, 2.05) is 12.1 Å². The molecule has 0 N–H and O–H groups in total. The second kappa shape index (κ2) is 11.2. The lowest BCUT2D eigenvalue weighted by Crippen LogP contribution is -2.31. The van der Waals surface area contributed by atoms with Crippen LogP contribution in [-0.4, -0.2) is 56.0 Å². The fourth-order valence-electron chi connectivity index (χ4n) is 2.97. The van der Waals surface area contributed by atoms with Gasteiger partial charge in [0.25, 0.3) is 0 Å². The molecule has 0 aliphatic heterocycles. The van der Waals surface area contributed by atoms with Gasteiger partial charge in [-0.2, -0.15) is 0 Å². The number of benzene rings is 1. The molecule has 164 valence electrons. The predicted octanol–water partition coefficient (Wildman–Crippen LogP) is 2.74. The molecule has 2 aromatic rings. The molecule has 2 rings (SSSR count). The van der Waals surface area contributed by atoms with Gasteiger partial charge in [0.15, 0.2) is 5.76 Å². The Bertz CT molecular complexity index is 863.